The number of methoxy groups -OCH3 is 1. The molecular weight excluding hydrogens is 394 g/mol. The minimum atomic E-state index is -0.0836. The number of ether oxygens (including phenoxy) is 1. The first-order valence-electron chi connectivity index (χ1n) is 5.84. The molecule has 1 aliphatic rings. The second-order valence-electron chi connectivity index (χ2n) is 3.91. The largest absolute Gasteiger partial charge is 0.495 e. The third kappa shape index (κ3) is 4.16. The number of carbonyl (C=O) groups is 1. The highest BCUT2D eigenvalue weighted by Crippen LogP contribution is 2.36. The van der Waals surface area contributed by atoms with Crippen LogP contribution in [0.15, 0.2) is 39.9 Å². The van der Waals surface area contributed by atoms with Gasteiger partial charge in [-0.25, -0.2) is 4.99 Å². The number of hydrogen-bond acceptors (Lipinski definition) is 5. The molecule has 0 fully saturated rings. The summed E-state index contributed by atoms with van der Waals surface area (Å²) in [5, 5.41) is 0.470. The van der Waals surface area contributed by atoms with Crippen molar-refractivity contribution in [2.24, 2.45) is 4.99 Å². The molecule has 110 valence electrons. The van der Waals surface area contributed by atoms with E-state index in [4.69, 9.17) is 16.3 Å². The number of benzene rings is 1. The van der Waals surface area contributed by atoms with E-state index in [1.54, 1.807) is 31.4 Å². The Balaban J connectivity index is 2.37. The van der Waals surface area contributed by atoms with E-state index in [-0.39, 0.29) is 5.12 Å². The molecule has 21 heavy (non-hydrogen) atoms. The molecule has 1 heterocycles. The van der Waals surface area contributed by atoms with Gasteiger partial charge in [0.15, 0.2) is 0 Å². The predicted octanol–water partition coefficient (Wildman–Crippen LogP) is 5.00. The quantitative estimate of drug-likeness (QED) is 0.523. The van der Waals surface area contributed by atoms with Gasteiger partial charge >= 0.3 is 0 Å². The third-order valence-corrected chi connectivity index (χ3v) is 5.27. The summed E-state index contributed by atoms with van der Waals surface area (Å²) >= 11 is 12.0. The number of carbonyl (C=O) groups excluding carboxylic acids is 1. The molecule has 1 aromatic rings. The van der Waals surface area contributed by atoms with E-state index >= 15 is 0 Å². The minimum Gasteiger partial charge on any atom is -0.495 e. The van der Waals surface area contributed by atoms with E-state index in [1.165, 1.54) is 11.8 Å². The molecule has 0 spiro atoms. The van der Waals surface area contributed by atoms with Crippen LogP contribution in [0, 0.1) is 0 Å². The summed E-state index contributed by atoms with van der Waals surface area (Å²) in [4.78, 5) is 16.3. The number of aliphatic imine (C=N–C) groups is 1. The van der Waals surface area contributed by atoms with Crippen LogP contribution in [0.2, 0.25) is 5.02 Å². The average Bonchev–Trinajstić information content (AvgIpc) is 2.76. The molecule has 1 aliphatic heterocycles. The molecule has 2 rings (SSSR count). The van der Waals surface area contributed by atoms with Crippen molar-refractivity contribution in [1.29, 1.82) is 0 Å². The molecule has 1 aromatic carbocycles. The van der Waals surface area contributed by atoms with Crippen molar-refractivity contribution >= 4 is 66.6 Å². The maximum Gasteiger partial charge on any atom is 0.244 e. The van der Waals surface area contributed by atoms with Crippen LogP contribution in [0.4, 0.5) is 0 Å². The van der Waals surface area contributed by atoms with Gasteiger partial charge in [0.2, 0.25) is 5.12 Å². The van der Waals surface area contributed by atoms with Gasteiger partial charge in [-0.05, 0) is 45.9 Å². The van der Waals surface area contributed by atoms with Gasteiger partial charge in [-0.15, -0.1) is 6.58 Å². The number of nitrogens with zero attached hydrogens (tertiary/aromatic N) is 1. The van der Waals surface area contributed by atoms with E-state index in [1.807, 2.05) is 0 Å². The first-order chi connectivity index (χ1) is 10.0. The van der Waals surface area contributed by atoms with Crippen molar-refractivity contribution < 1.29 is 9.53 Å². The maximum absolute atomic E-state index is 12.0. The van der Waals surface area contributed by atoms with E-state index in [0.29, 0.717) is 22.0 Å². The van der Waals surface area contributed by atoms with Gasteiger partial charge in [-0.1, -0.05) is 29.4 Å². The van der Waals surface area contributed by atoms with Crippen LogP contribution < -0.4 is 4.74 Å². The zero-order chi connectivity index (χ0) is 15.4. The second-order valence-corrected chi connectivity index (χ2v) is 7.43. The van der Waals surface area contributed by atoms with Gasteiger partial charge in [-0.2, -0.15) is 0 Å². The van der Waals surface area contributed by atoms with Gasteiger partial charge in [0, 0.05) is 16.3 Å². The third-order valence-electron chi connectivity index (χ3n) is 2.46. The Morgan fingerprint density at radius 3 is 3.00 bits per heavy atom. The molecule has 0 saturated heterocycles. The van der Waals surface area contributed by atoms with Crippen molar-refractivity contribution in [2.75, 3.05) is 12.9 Å². The van der Waals surface area contributed by atoms with Crippen molar-refractivity contribution in [3.63, 3.8) is 0 Å². The number of halogens is 2. The van der Waals surface area contributed by atoms with Crippen molar-refractivity contribution in [2.45, 2.75) is 0 Å². The molecule has 3 nitrogen and oxygen atoms in total. The lowest BCUT2D eigenvalue weighted by Crippen LogP contribution is -1.92. The average molecular weight is 405 g/mol. The summed E-state index contributed by atoms with van der Waals surface area (Å²) in [6, 6.07) is 3.47. The fourth-order valence-electron chi connectivity index (χ4n) is 1.63. The first kappa shape index (κ1) is 16.7. The van der Waals surface area contributed by atoms with E-state index < -0.39 is 0 Å². The first-order valence-corrected chi connectivity index (χ1v) is 8.81. The van der Waals surface area contributed by atoms with Crippen LogP contribution in [0.3, 0.4) is 0 Å². The van der Waals surface area contributed by atoms with E-state index in [0.717, 1.165) is 26.4 Å². The smallest absolute Gasteiger partial charge is 0.244 e. The van der Waals surface area contributed by atoms with Crippen molar-refractivity contribution in [3.8, 4) is 5.75 Å². The summed E-state index contributed by atoms with van der Waals surface area (Å²) in [7, 11) is 1.57. The highest BCUT2D eigenvalue weighted by atomic mass is 79.9. The lowest BCUT2D eigenvalue weighted by atomic mass is 10.1. The monoisotopic (exact) mass is 403 g/mol. The van der Waals surface area contributed by atoms with Gasteiger partial charge in [0.05, 0.1) is 11.6 Å². The topological polar surface area (TPSA) is 38.7 Å². The zero-order valence-corrected chi connectivity index (χ0v) is 15.0. The standard InChI is InChI=1S/C14H11BrClNO2S2/c1-3-4-20-14-17-11(13(18)21-14)6-8-5-9(16)7-10(15)12(8)19-2/h3,5-7H,1,4H2,2H3/b11-6+. The summed E-state index contributed by atoms with van der Waals surface area (Å²) in [5.74, 6) is 1.34. The Kier molecular flexibility index (Phi) is 5.98. The Labute approximate surface area is 145 Å². The molecule has 0 aliphatic carbocycles. The molecule has 0 aromatic heterocycles. The molecular formula is C14H11BrClNO2S2. The van der Waals surface area contributed by atoms with Crippen LogP contribution in [-0.4, -0.2) is 22.4 Å². The molecule has 0 N–H and O–H groups in total. The van der Waals surface area contributed by atoms with E-state index in [2.05, 4.69) is 27.5 Å². The molecule has 7 heteroatoms. The Bertz CT molecular complexity index is 659. The molecule has 0 atom stereocenters. The van der Waals surface area contributed by atoms with Gasteiger partial charge < -0.3 is 4.74 Å². The molecule has 0 bridgehead atoms. The molecule has 0 saturated carbocycles. The normalized spacial score (nSPS) is 16.2. The Morgan fingerprint density at radius 1 is 1.57 bits per heavy atom. The minimum absolute atomic E-state index is 0.0836. The summed E-state index contributed by atoms with van der Waals surface area (Å²) in [6.45, 7) is 3.65. The fourth-order valence-corrected chi connectivity index (χ4v) is 4.23. The maximum atomic E-state index is 12.0. The summed E-state index contributed by atoms with van der Waals surface area (Å²) in [6.07, 6.45) is 3.46. The van der Waals surface area contributed by atoms with Crippen molar-refractivity contribution in [3.05, 3.63) is 45.5 Å². The Hall–Kier alpha value is -0.690. The van der Waals surface area contributed by atoms with Crippen LogP contribution >= 0.6 is 51.1 Å². The summed E-state index contributed by atoms with van der Waals surface area (Å²) < 4.78 is 6.79. The zero-order valence-electron chi connectivity index (χ0n) is 11.1. The lowest BCUT2D eigenvalue weighted by Gasteiger charge is -2.08. The van der Waals surface area contributed by atoms with Crippen LogP contribution in [0.25, 0.3) is 6.08 Å². The highest BCUT2D eigenvalue weighted by molar-refractivity contribution is 9.10. The van der Waals surface area contributed by atoms with E-state index in [9.17, 15) is 4.79 Å². The second kappa shape index (κ2) is 7.54. The highest BCUT2D eigenvalue weighted by Gasteiger charge is 2.23. The molecule has 0 unspecified atom stereocenters. The van der Waals surface area contributed by atoms with Crippen LogP contribution in [0.5, 0.6) is 5.75 Å². The lowest BCUT2D eigenvalue weighted by molar-refractivity contribution is -0.107. The van der Waals surface area contributed by atoms with Crippen LogP contribution in [-0.2, 0) is 4.79 Å². The number of hydrogen-bond donors (Lipinski definition) is 0. The van der Waals surface area contributed by atoms with Gasteiger partial charge in [0.1, 0.15) is 15.8 Å². The number of thioether (sulfide) groups is 2. The van der Waals surface area contributed by atoms with Crippen LogP contribution in [0.1, 0.15) is 5.56 Å². The Morgan fingerprint density at radius 2 is 2.33 bits per heavy atom. The number of rotatable bonds is 4. The van der Waals surface area contributed by atoms with Gasteiger partial charge in [0.25, 0.3) is 0 Å². The summed E-state index contributed by atoms with van der Waals surface area (Å²) in [5.41, 5.74) is 1.10. The van der Waals surface area contributed by atoms with Crippen molar-refractivity contribution in [1.82, 2.24) is 0 Å². The molecule has 0 amide bonds. The predicted molar refractivity (Wildman–Crippen MR) is 96.4 cm³/mol. The SMILES string of the molecule is C=CCSC1=N/C(=C/c2cc(Cl)cc(Br)c2OC)C(=O)S1. The van der Waals surface area contributed by atoms with Gasteiger partial charge in [-0.3, -0.25) is 4.79 Å². The fraction of sp³-hybridized carbons (Fsp3) is 0.143. The molecule has 0 radical (unpaired) electrons.